The maximum absolute atomic E-state index is 12.4. The zero-order valence-corrected chi connectivity index (χ0v) is 12.9. The number of esters is 1. The highest BCUT2D eigenvalue weighted by Crippen LogP contribution is 2.21. The molecule has 0 aliphatic heterocycles. The summed E-state index contributed by atoms with van der Waals surface area (Å²) in [7, 11) is 0. The Morgan fingerprint density at radius 3 is 2.52 bits per heavy atom. The Labute approximate surface area is 134 Å². The highest BCUT2D eigenvalue weighted by Gasteiger charge is 2.12. The fourth-order valence-electron chi connectivity index (χ4n) is 2.26. The minimum Gasteiger partial charge on any atom is -0.494 e. The van der Waals surface area contributed by atoms with E-state index in [-0.39, 0.29) is 0 Å². The minimum absolute atomic E-state index is 0.397. The lowest BCUT2D eigenvalue weighted by atomic mass is 10.1. The van der Waals surface area contributed by atoms with E-state index >= 15 is 0 Å². The van der Waals surface area contributed by atoms with Crippen molar-refractivity contribution in [3.8, 4) is 11.5 Å². The van der Waals surface area contributed by atoms with Crippen molar-refractivity contribution in [1.29, 1.82) is 0 Å². The van der Waals surface area contributed by atoms with E-state index in [1.807, 2.05) is 24.3 Å². The van der Waals surface area contributed by atoms with E-state index in [9.17, 15) is 4.79 Å². The largest absolute Gasteiger partial charge is 0.494 e. The Balaban J connectivity index is 1.78. The molecule has 3 aromatic rings. The molecule has 0 bridgehead atoms. The van der Waals surface area contributed by atoms with E-state index in [1.165, 1.54) is 0 Å². The topological polar surface area (TPSA) is 48.4 Å². The van der Waals surface area contributed by atoms with Crippen molar-refractivity contribution in [2.45, 2.75) is 13.3 Å². The highest BCUT2D eigenvalue weighted by atomic mass is 16.5. The number of carbonyl (C=O) groups is 1. The zero-order valence-electron chi connectivity index (χ0n) is 12.9. The number of pyridine rings is 1. The van der Waals surface area contributed by atoms with E-state index < -0.39 is 5.97 Å². The predicted octanol–water partition coefficient (Wildman–Crippen LogP) is 4.24. The summed E-state index contributed by atoms with van der Waals surface area (Å²) in [5, 5.41) is 0.780. The molecule has 4 nitrogen and oxygen atoms in total. The van der Waals surface area contributed by atoms with Gasteiger partial charge in [0.1, 0.15) is 11.5 Å². The molecule has 0 amide bonds. The van der Waals surface area contributed by atoms with Gasteiger partial charge in [-0.15, -0.1) is 0 Å². The Hall–Kier alpha value is -2.88. The van der Waals surface area contributed by atoms with Crippen LogP contribution < -0.4 is 9.47 Å². The molecule has 0 aliphatic carbocycles. The molecular weight excluding hydrogens is 290 g/mol. The lowest BCUT2D eigenvalue weighted by molar-refractivity contribution is 0.0736. The van der Waals surface area contributed by atoms with Gasteiger partial charge < -0.3 is 9.47 Å². The first-order valence-corrected chi connectivity index (χ1v) is 7.56. The van der Waals surface area contributed by atoms with Gasteiger partial charge in [0.15, 0.2) is 0 Å². The van der Waals surface area contributed by atoms with Gasteiger partial charge in [0.05, 0.1) is 17.7 Å². The third-order valence-corrected chi connectivity index (χ3v) is 3.38. The number of rotatable bonds is 5. The third kappa shape index (κ3) is 3.48. The number of hydrogen-bond acceptors (Lipinski definition) is 4. The van der Waals surface area contributed by atoms with E-state index in [4.69, 9.17) is 9.47 Å². The molecule has 0 unspecified atom stereocenters. The van der Waals surface area contributed by atoms with Gasteiger partial charge in [-0.2, -0.15) is 0 Å². The molecule has 0 radical (unpaired) electrons. The van der Waals surface area contributed by atoms with E-state index in [0.717, 1.165) is 23.1 Å². The maximum Gasteiger partial charge on any atom is 0.344 e. The van der Waals surface area contributed by atoms with Crippen LogP contribution in [0.4, 0.5) is 0 Å². The lowest BCUT2D eigenvalue weighted by Gasteiger charge is -2.08. The highest BCUT2D eigenvalue weighted by molar-refractivity contribution is 6.03. The normalized spacial score (nSPS) is 10.5. The van der Waals surface area contributed by atoms with Crippen LogP contribution in [0.3, 0.4) is 0 Å². The van der Waals surface area contributed by atoms with Crippen LogP contribution in [0.5, 0.6) is 11.5 Å². The molecule has 116 valence electrons. The molecule has 1 heterocycles. The smallest absolute Gasteiger partial charge is 0.344 e. The molecule has 0 fully saturated rings. The van der Waals surface area contributed by atoms with Crippen LogP contribution in [0.15, 0.2) is 60.8 Å². The molecule has 4 heteroatoms. The molecular formula is C19H17NO3. The van der Waals surface area contributed by atoms with Gasteiger partial charge in [0.2, 0.25) is 0 Å². The monoisotopic (exact) mass is 307 g/mol. The molecule has 0 atom stereocenters. The van der Waals surface area contributed by atoms with Crippen molar-refractivity contribution in [3.63, 3.8) is 0 Å². The van der Waals surface area contributed by atoms with Crippen LogP contribution in [-0.2, 0) is 0 Å². The molecule has 0 N–H and O–H groups in total. The number of ether oxygens (including phenoxy) is 2. The SMILES string of the molecule is CCCOc1ccc(OC(=O)c2ccnc3ccccc23)cc1. The quantitative estimate of drug-likeness (QED) is 0.522. The molecule has 3 rings (SSSR count). The number of hydrogen-bond donors (Lipinski definition) is 0. The minimum atomic E-state index is -0.397. The van der Waals surface area contributed by atoms with Gasteiger partial charge >= 0.3 is 5.97 Å². The summed E-state index contributed by atoms with van der Waals surface area (Å²) < 4.78 is 11.0. The number of para-hydroxylation sites is 1. The van der Waals surface area contributed by atoms with Gasteiger partial charge in [-0.3, -0.25) is 4.98 Å². The summed E-state index contributed by atoms with van der Waals surface area (Å²) in [4.78, 5) is 16.7. The van der Waals surface area contributed by atoms with Crippen molar-refractivity contribution in [3.05, 3.63) is 66.4 Å². The number of carbonyl (C=O) groups excluding carboxylic acids is 1. The van der Waals surface area contributed by atoms with E-state index in [1.54, 1.807) is 36.5 Å². The van der Waals surface area contributed by atoms with Crippen molar-refractivity contribution < 1.29 is 14.3 Å². The van der Waals surface area contributed by atoms with E-state index in [2.05, 4.69) is 11.9 Å². The Morgan fingerprint density at radius 2 is 1.74 bits per heavy atom. The molecule has 0 saturated carbocycles. The number of aromatic nitrogens is 1. The number of benzene rings is 2. The Morgan fingerprint density at radius 1 is 1.00 bits per heavy atom. The summed E-state index contributed by atoms with van der Waals surface area (Å²) in [5.74, 6) is 0.853. The Kier molecular flexibility index (Phi) is 4.52. The van der Waals surface area contributed by atoms with Crippen LogP contribution in [0.1, 0.15) is 23.7 Å². The molecule has 2 aromatic carbocycles. The predicted molar refractivity (Wildman–Crippen MR) is 88.9 cm³/mol. The second-order valence-electron chi connectivity index (χ2n) is 5.09. The summed E-state index contributed by atoms with van der Waals surface area (Å²) in [6, 6.07) is 16.2. The van der Waals surface area contributed by atoms with Crippen LogP contribution >= 0.6 is 0 Å². The molecule has 0 spiro atoms. The maximum atomic E-state index is 12.4. The van der Waals surface area contributed by atoms with Crippen LogP contribution in [0.25, 0.3) is 10.9 Å². The van der Waals surface area contributed by atoms with Crippen LogP contribution in [0.2, 0.25) is 0 Å². The average Bonchev–Trinajstić information content (AvgIpc) is 2.60. The fourth-order valence-corrected chi connectivity index (χ4v) is 2.26. The second kappa shape index (κ2) is 6.92. The van der Waals surface area contributed by atoms with E-state index in [0.29, 0.717) is 17.9 Å². The summed E-state index contributed by atoms with van der Waals surface area (Å²) in [5.41, 5.74) is 1.27. The van der Waals surface area contributed by atoms with Crippen LogP contribution in [0, 0.1) is 0 Å². The summed E-state index contributed by atoms with van der Waals surface area (Å²) >= 11 is 0. The van der Waals surface area contributed by atoms with Crippen molar-refractivity contribution in [2.75, 3.05) is 6.61 Å². The third-order valence-electron chi connectivity index (χ3n) is 3.38. The average molecular weight is 307 g/mol. The first kappa shape index (κ1) is 15.0. The van der Waals surface area contributed by atoms with Gasteiger partial charge in [-0.05, 0) is 42.8 Å². The fraction of sp³-hybridized carbons (Fsp3) is 0.158. The van der Waals surface area contributed by atoms with Gasteiger partial charge in [0, 0.05) is 11.6 Å². The van der Waals surface area contributed by atoms with Crippen molar-refractivity contribution in [1.82, 2.24) is 4.98 Å². The standard InChI is InChI=1S/C19H17NO3/c1-2-13-22-14-7-9-15(10-8-14)23-19(21)17-11-12-20-18-6-4-3-5-16(17)18/h3-12H,2,13H2,1H3. The number of nitrogens with zero attached hydrogens (tertiary/aromatic N) is 1. The van der Waals surface area contributed by atoms with Gasteiger partial charge in [-0.1, -0.05) is 25.1 Å². The molecule has 0 aliphatic rings. The summed E-state index contributed by atoms with van der Waals surface area (Å²) in [6.07, 6.45) is 2.56. The first-order valence-electron chi connectivity index (χ1n) is 7.56. The molecule has 1 aromatic heterocycles. The molecule has 23 heavy (non-hydrogen) atoms. The van der Waals surface area contributed by atoms with Gasteiger partial charge in [-0.25, -0.2) is 4.79 Å². The van der Waals surface area contributed by atoms with Crippen molar-refractivity contribution in [2.24, 2.45) is 0 Å². The first-order chi connectivity index (χ1) is 11.3. The lowest BCUT2D eigenvalue weighted by Crippen LogP contribution is -2.09. The number of fused-ring (bicyclic) bond motifs is 1. The zero-order chi connectivity index (χ0) is 16.1. The Bertz CT molecular complexity index is 807. The second-order valence-corrected chi connectivity index (χ2v) is 5.09. The molecule has 0 saturated heterocycles. The van der Waals surface area contributed by atoms with Crippen LogP contribution in [-0.4, -0.2) is 17.6 Å². The van der Waals surface area contributed by atoms with Gasteiger partial charge in [0.25, 0.3) is 0 Å². The summed E-state index contributed by atoms with van der Waals surface area (Å²) in [6.45, 7) is 2.72. The van der Waals surface area contributed by atoms with Crippen molar-refractivity contribution >= 4 is 16.9 Å².